The molecule has 0 aliphatic rings. The molecule has 0 aromatic heterocycles. The van der Waals surface area contributed by atoms with Gasteiger partial charge in [-0.25, -0.2) is 8.42 Å². The second kappa shape index (κ2) is 6.11. The predicted octanol–water partition coefficient (Wildman–Crippen LogP) is 5.09. The van der Waals surface area contributed by atoms with Crippen LogP contribution in [0.15, 0.2) is 47.4 Å². The molecule has 6 heteroatoms. The van der Waals surface area contributed by atoms with E-state index in [1.165, 1.54) is 12.1 Å². The molecule has 2 aromatic carbocycles. The standard InChI is InChI=1S/C16H17Cl2NO2S/c1-16(2,3)11-4-6-15(7-5-11)22(20,21)19-14-9-12(17)8-13(18)10-14/h4-10,19H,1-3H3. The lowest BCUT2D eigenvalue weighted by molar-refractivity contribution is 0.587. The first-order valence-corrected chi connectivity index (χ1v) is 8.91. The molecular formula is C16H17Cl2NO2S. The monoisotopic (exact) mass is 357 g/mol. The number of halogens is 2. The molecule has 22 heavy (non-hydrogen) atoms. The zero-order valence-corrected chi connectivity index (χ0v) is 14.9. The Labute approximate surface area is 141 Å². The van der Waals surface area contributed by atoms with Crippen molar-refractivity contribution in [1.82, 2.24) is 0 Å². The number of anilines is 1. The summed E-state index contributed by atoms with van der Waals surface area (Å²) in [7, 11) is -3.68. The van der Waals surface area contributed by atoms with E-state index in [9.17, 15) is 8.42 Å². The van der Waals surface area contributed by atoms with Gasteiger partial charge in [0.1, 0.15) is 0 Å². The number of hydrogen-bond donors (Lipinski definition) is 1. The van der Waals surface area contributed by atoms with Gasteiger partial charge in [-0.05, 0) is 41.3 Å². The molecule has 0 unspecified atom stereocenters. The molecule has 0 radical (unpaired) electrons. The van der Waals surface area contributed by atoms with Crippen molar-refractivity contribution in [3.05, 3.63) is 58.1 Å². The Bertz CT molecular complexity index is 759. The topological polar surface area (TPSA) is 46.2 Å². The van der Waals surface area contributed by atoms with Crippen LogP contribution in [0.3, 0.4) is 0 Å². The zero-order chi connectivity index (χ0) is 16.5. The minimum Gasteiger partial charge on any atom is -0.280 e. The Balaban J connectivity index is 2.30. The van der Waals surface area contributed by atoms with E-state index >= 15 is 0 Å². The summed E-state index contributed by atoms with van der Waals surface area (Å²) in [5, 5.41) is 0.738. The fourth-order valence-electron chi connectivity index (χ4n) is 1.96. The lowest BCUT2D eigenvalue weighted by Crippen LogP contribution is -2.14. The highest BCUT2D eigenvalue weighted by Crippen LogP contribution is 2.26. The van der Waals surface area contributed by atoms with Crippen molar-refractivity contribution >= 4 is 38.9 Å². The maximum atomic E-state index is 12.4. The summed E-state index contributed by atoms with van der Waals surface area (Å²) in [6, 6.07) is 11.4. The first kappa shape index (κ1) is 17.1. The van der Waals surface area contributed by atoms with Gasteiger partial charge in [0, 0.05) is 10.0 Å². The van der Waals surface area contributed by atoms with Gasteiger partial charge < -0.3 is 0 Å². The van der Waals surface area contributed by atoms with Crippen LogP contribution in [0, 0.1) is 0 Å². The summed E-state index contributed by atoms with van der Waals surface area (Å²) >= 11 is 11.8. The highest BCUT2D eigenvalue weighted by atomic mass is 35.5. The molecule has 0 heterocycles. The van der Waals surface area contributed by atoms with Crippen LogP contribution in [0.2, 0.25) is 10.0 Å². The summed E-state index contributed by atoms with van der Waals surface area (Å²) in [4.78, 5) is 0.191. The van der Waals surface area contributed by atoms with Crippen molar-refractivity contribution in [2.24, 2.45) is 0 Å². The Morgan fingerprint density at radius 1 is 0.909 bits per heavy atom. The van der Waals surface area contributed by atoms with E-state index in [0.717, 1.165) is 5.56 Å². The van der Waals surface area contributed by atoms with Crippen molar-refractivity contribution < 1.29 is 8.42 Å². The second-order valence-corrected chi connectivity index (χ2v) is 8.59. The molecule has 0 fully saturated rings. The lowest BCUT2D eigenvalue weighted by Gasteiger charge is -2.19. The Morgan fingerprint density at radius 3 is 1.86 bits per heavy atom. The van der Waals surface area contributed by atoms with E-state index in [2.05, 4.69) is 25.5 Å². The van der Waals surface area contributed by atoms with Gasteiger partial charge in [-0.3, -0.25) is 4.72 Å². The summed E-state index contributed by atoms with van der Waals surface area (Å²) in [5.41, 5.74) is 1.37. The molecule has 0 aliphatic carbocycles. The van der Waals surface area contributed by atoms with Crippen molar-refractivity contribution in [3.8, 4) is 0 Å². The third-order valence-corrected chi connectivity index (χ3v) is 4.98. The van der Waals surface area contributed by atoms with Crippen LogP contribution in [-0.2, 0) is 15.4 Å². The van der Waals surface area contributed by atoms with Gasteiger partial charge in [-0.1, -0.05) is 56.1 Å². The van der Waals surface area contributed by atoms with Crippen LogP contribution in [0.5, 0.6) is 0 Å². The molecule has 0 spiro atoms. The highest BCUT2D eigenvalue weighted by Gasteiger charge is 2.18. The lowest BCUT2D eigenvalue weighted by atomic mass is 9.87. The van der Waals surface area contributed by atoms with E-state index in [1.807, 2.05) is 12.1 Å². The summed E-state index contributed by atoms with van der Waals surface area (Å²) < 4.78 is 27.3. The molecule has 0 amide bonds. The molecule has 2 rings (SSSR count). The van der Waals surface area contributed by atoms with E-state index in [4.69, 9.17) is 23.2 Å². The van der Waals surface area contributed by atoms with E-state index in [0.29, 0.717) is 15.7 Å². The Kier molecular flexibility index (Phi) is 4.76. The molecule has 1 N–H and O–H groups in total. The highest BCUT2D eigenvalue weighted by molar-refractivity contribution is 7.92. The third kappa shape index (κ3) is 4.15. The summed E-state index contributed by atoms with van der Waals surface area (Å²) in [6.45, 7) is 6.22. The molecule has 0 saturated carbocycles. The smallest absolute Gasteiger partial charge is 0.261 e. The molecule has 0 bridgehead atoms. The average Bonchev–Trinajstić information content (AvgIpc) is 2.36. The van der Waals surface area contributed by atoms with E-state index < -0.39 is 10.0 Å². The van der Waals surface area contributed by atoms with Gasteiger partial charge in [0.05, 0.1) is 10.6 Å². The van der Waals surface area contributed by atoms with Crippen LogP contribution in [0.4, 0.5) is 5.69 Å². The van der Waals surface area contributed by atoms with Gasteiger partial charge in [0.2, 0.25) is 0 Å². The largest absolute Gasteiger partial charge is 0.280 e. The quantitative estimate of drug-likeness (QED) is 0.831. The molecule has 3 nitrogen and oxygen atoms in total. The van der Waals surface area contributed by atoms with E-state index in [-0.39, 0.29) is 10.3 Å². The number of benzene rings is 2. The van der Waals surface area contributed by atoms with Crippen LogP contribution >= 0.6 is 23.2 Å². The minimum atomic E-state index is -3.68. The summed E-state index contributed by atoms with van der Waals surface area (Å²) in [5.74, 6) is 0. The Hall–Kier alpha value is -1.23. The number of rotatable bonds is 3. The first-order chi connectivity index (χ1) is 10.1. The van der Waals surface area contributed by atoms with Crippen molar-refractivity contribution in [1.29, 1.82) is 0 Å². The van der Waals surface area contributed by atoms with Crippen LogP contribution in [0.1, 0.15) is 26.3 Å². The number of sulfonamides is 1. The van der Waals surface area contributed by atoms with Gasteiger partial charge in [-0.2, -0.15) is 0 Å². The fraction of sp³-hybridized carbons (Fsp3) is 0.250. The number of nitrogens with one attached hydrogen (secondary N) is 1. The molecule has 0 atom stereocenters. The molecule has 0 saturated heterocycles. The fourth-order valence-corrected chi connectivity index (χ4v) is 3.53. The van der Waals surface area contributed by atoms with Gasteiger partial charge in [0.25, 0.3) is 10.0 Å². The minimum absolute atomic E-state index is 0.0315. The normalized spacial score (nSPS) is 12.2. The molecule has 2 aromatic rings. The SMILES string of the molecule is CC(C)(C)c1ccc(S(=O)(=O)Nc2cc(Cl)cc(Cl)c2)cc1. The predicted molar refractivity (Wildman–Crippen MR) is 92.4 cm³/mol. The van der Waals surface area contributed by atoms with Gasteiger partial charge >= 0.3 is 0 Å². The van der Waals surface area contributed by atoms with E-state index in [1.54, 1.807) is 18.2 Å². The number of hydrogen-bond acceptors (Lipinski definition) is 2. The molecular weight excluding hydrogens is 341 g/mol. The third-order valence-electron chi connectivity index (χ3n) is 3.15. The summed E-state index contributed by atoms with van der Waals surface area (Å²) in [6.07, 6.45) is 0. The van der Waals surface area contributed by atoms with Crippen molar-refractivity contribution in [3.63, 3.8) is 0 Å². The van der Waals surface area contributed by atoms with Crippen LogP contribution < -0.4 is 4.72 Å². The maximum absolute atomic E-state index is 12.4. The van der Waals surface area contributed by atoms with Gasteiger partial charge in [0.15, 0.2) is 0 Å². The zero-order valence-electron chi connectivity index (χ0n) is 12.5. The average molecular weight is 358 g/mol. The Morgan fingerprint density at radius 2 is 1.41 bits per heavy atom. The second-order valence-electron chi connectivity index (χ2n) is 6.04. The molecule has 0 aliphatic heterocycles. The van der Waals surface area contributed by atoms with Gasteiger partial charge in [-0.15, -0.1) is 0 Å². The maximum Gasteiger partial charge on any atom is 0.261 e. The first-order valence-electron chi connectivity index (χ1n) is 6.67. The van der Waals surface area contributed by atoms with Crippen molar-refractivity contribution in [2.45, 2.75) is 31.1 Å². The van der Waals surface area contributed by atoms with Crippen LogP contribution in [-0.4, -0.2) is 8.42 Å². The molecule has 118 valence electrons. The van der Waals surface area contributed by atoms with Crippen molar-refractivity contribution in [2.75, 3.05) is 4.72 Å². The van der Waals surface area contributed by atoms with Crippen LogP contribution in [0.25, 0.3) is 0 Å².